The molecular formula is C41H48N2O5Si. The highest BCUT2D eigenvalue weighted by molar-refractivity contribution is 6.91. The van der Waals surface area contributed by atoms with Gasteiger partial charge >= 0.3 is 0 Å². The number of benzene rings is 4. The number of nitrogens with zero attached hydrogens (tertiary/aromatic N) is 2. The van der Waals surface area contributed by atoms with E-state index in [9.17, 15) is 14.7 Å². The van der Waals surface area contributed by atoms with Gasteiger partial charge in [-0.2, -0.15) is 0 Å². The molecule has 6 rings (SSSR count). The number of ether oxygens (including phenoxy) is 2. The number of aryl methyl sites for hydroxylation is 1. The van der Waals surface area contributed by atoms with Gasteiger partial charge in [-0.25, -0.2) is 0 Å². The summed E-state index contributed by atoms with van der Waals surface area (Å²) in [5, 5.41) is 11.6. The second-order valence-electron chi connectivity index (χ2n) is 14.1. The molecule has 256 valence electrons. The third kappa shape index (κ3) is 7.37. The molecule has 7 nitrogen and oxygen atoms in total. The number of hydrogen-bond donors (Lipinski definition) is 1. The van der Waals surface area contributed by atoms with Crippen LogP contribution in [0.4, 0.5) is 11.4 Å². The Labute approximate surface area is 291 Å². The lowest BCUT2D eigenvalue weighted by Crippen LogP contribution is -2.52. The molecule has 4 aromatic rings. The first-order chi connectivity index (χ1) is 23.7. The largest absolute Gasteiger partial charge is 0.497 e. The SMILES string of the molecule is COc1ccc([Si](C)(C)[C@@H]2[C@@H](C)[C@@H](CCc3cccc(N(C=O)c4ccccc4)c3)O[C@H]2CC(=O)N2Cc3ccccc3C[C@H]2CO)cc1. The summed E-state index contributed by atoms with van der Waals surface area (Å²) in [5.41, 5.74) is 5.34. The van der Waals surface area contributed by atoms with Gasteiger partial charge in [-0.15, -0.1) is 0 Å². The number of fused-ring (bicyclic) bond motifs is 1. The highest BCUT2D eigenvalue weighted by Gasteiger charge is 2.51. The quantitative estimate of drug-likeness (QED) is 0.134. The van der Waals surface area contributed by atoms with Gasteiger partial charge in [0.05, 0.1) is 46.5 Å². The van der Waals surface area contributed by atoms with Gasteiger partial charge in [-0.3, -0.25) is 14.5 Å². The lowest BCUT2D eigenvalue weighted by Gasteiger charge is -2.39. The molecule has 0 saturated carbocycles. The van der Waals surface area contributed by atoms with Gasteiger partial charge in [-0.1, -0.05) is 91.9 Å². The number of carbonyl (C=O) groups is 2. The zero-order valence-electron chi connectivity index (χ0n) is 29.0. The first-order valence-corrected chi connectivity index (χ1v) is 20.5. The van der Waals surface area contributed by atoms with Crippen LogP contribution in [0.3, 0.4) is 0 Å². The fourth-order valence-corrected chi connectivity index (χ4v) is 12.3. The predicted octanol–water partition coefficient (Wildman–Crippen LogP) is 6.65. The summed E-state index contributed by atoms with van der Waals surface area (Å²) in [6.45, 7) is 7.53. The minimum atomic E-state index is -2.17. The molecule has 1 N–H and O–H groups in total. The fourth-order valence-electron chi connectivity index (χ4n) is 8.21. The van der Waals surface area contributed by atoms with Crippen molar-refractivity contribution in [3.8, 4) is 5.75 Å². The van der Waals surface area contributed by atoms with E-state index in [1.165, 1.54) is 10.8 Å². The van der Waals surface area contributed by atoms with Gasteiger partial charge in [0.1, 0.15) is 5.75 Å². The van der Waals surface area contributed by atoms with E-state index in [1.807, 2.05) is 71.6 Å². The number of hydrogen-bond acceptors (Lipinski definition) is 5. The predicted molar refractivity (Wildman–Crippen MR) is 197 cm³/mol. The summed E-state index contributed by atoms with van der Waals surface area (Å²) in [4.78, 5) is 29.8. The normalized spacial score (nSPS) is 22.0. The molecule has 2 aliphatic heterocycles. The summed E-state index contributed by atoms with van der Waals surface area (Å²) in [6.07, 6.45) is 3.14. The summed E-state index contributed by atoms with van der Waals surface area (Å²) >= 11 is 0. The number of rotatable bonds is 12. The van der Waals surface area contributed by atoms with Crippen LogP contribution in [0.25, 0.3) is 0 Å². The van der Waals surface area contributed by atoms with Crippen LogP contribution in [0.5, 0.6) is 5.75 Å². The molecule has 2 amide bonds. The van der Waals surface area contributed by atoms with Gasteiger partial charge in [-0.05, 0) is 83.8 Å². The van der Waals surface area contributed by atoms with Gasteiger partial charge in [0.2, 0.25) is 12.3 Å². The fraction of sp³-hybridized carbons (Fsp3) is 0.366. The molecular weight excluding hydrogens is 629 g/mol. The average molecular weight is 677 g/mol. The third-order valence-corrected chi connectivity index (χ3v) is 15.3. The van der Waals surface area contributed by atoms with Crippen molar-refractivity contribution in [3.05, 3.63) is 120 Å². The maximum absolute atomic E-state index is 14.2. The Morgan fingerprint density at radius 2 is 1.63 bits per heavy atom. The third-order valence-electron chi connectivity index (χ3n) is 10.9. The van der Waals surface area contributed by atoms with Gasteiger partial charge in [0, 0.05) is 17.9 Å². The Morgan fingerprint density at radius 3 is 2.33 bits per heavy atom. The smallest absolute Gasteiger partial charge is 0.225 e. The number of aliphatic hydroxyl groups is 1. The Kier molecular flexibility index (Phi) is 10.7. The van der Waals surface area contributed by atoms with E-state index in [0.29, 0.717) is 13.0 Å². The van der Waals surface area contributed by atoms with E-state index in [0.717, 1.165) is 47.5 Å². The molecule has 0 aliphatic carbocycles. The number of para-hydroxylation sites is 1. The molecule has 4 aromatic carbocycles. The van der Waals surface area contributed by atoms with Crippen LogP contribution in [-0.4, -0.2) is 62.4 Å². The van der Waals surface area contributed by atoms with Crippen molar-refractivity contribution < 1.29 is 24.2 Å². The van der Waals surface area contributed by atoms with E-state index in [2.05, 4.69) is 56.4 Å². The summed E-state index contributed by atoms with van der Waals surface area (Å²) in [7, 11) is -0.486. The van der Waals surface area contributed by atoms with Crippen LogP contribution in [0.15, 0.2) is 103 Å². The standard InChI is InChI=1S/C41H48N2O5Si/c1-29-38(22-17-30-11-10-16-34(23-30)43(28-45)33-14-6-5-7-15-33)48-39(41(29)49(3,4)37-20-18-36(47-2)19-21-37)25-40(46)42-26-32-13-9-8-12-31(32)24-35(42)27-44/h5-16,18-21,23,28-29,35,38-39,41,44H,17,22,24-27H2,1-4H3/t29-,35-,38+,39-,41+/m0/s1. The lowest BCUT2D eigenvalue weighted by molar-refractivity contribution is -0.138. The Bertz CT molecular complexity index is 1730. The van der Waals surface area contributed by atoms with Crippen molar-refractivity contribution in [2.45, 2.75) is 76.0 Å². The van der Waals surface area contributed by atoms with E-state index in [1.54, 1.807) is 12.0 Å². The molecule has 1 saturated heterocycles. The van der Waals surface area contributed by atoms with E-state index in [-0.39, 0.29) is 48.6 Å². The molecule has 0 unspecified atom stereocenters. The van der Waals surface area contributed by atoms with Gasteiger partial charge < -0.3 is 19.5 Å². The van der Waals surface area contributed by atoms with Crippen LogP contribution in [0.1, 0.15) is 36.5 Å². The molecule has 8 heteroatoms. The lowest BCUT2D eigenvalue weighted by atomic mass is 9.93. The average Bonchev–Trinajstić information content (AvgIpc) is 3.45. The monoisotopic (exact) mass is 676 g/mol. The molecule has 49 heavy (non-hydrogen) atoms. The molecule has 0 bridgehead atoms. The minimum Gasteiger partial charge on any atom is -0.497 e. The van der Waals surface area contributed by atoms with Crippen LogP contribution in [0.2, 0.25) is 18.6 Å². The van der Waals surface area contributed by atoms with Gasteiger partial charge in [0.15, 0.2) is 0 Å². The number of aliphatic hydroxyl groups excluding tert-OH is 1. The Hall–Kier alpha value is -4.24. The Balaban J connectivity index is 1.23. The number of carbonyl (C=O) groups excluding carboxylic acids is 2. The molecule has 0 radical (unpaired) electrons. The molecule has 0 spiro atoms. The highest BCUT2D eigenvalue weighted by atomic mass is 28.3. The first-order valence-electron chi connectivity index (χ1n) is 17.4. The van der Waals surface area contributed by atoms with Crippen LogP contribution >= 0.6 is 0 Å². The van der Waals surface area contributed by atoms with Crippen molar-refractivity contribution in [1.82, 2.24) is 4.90 Å². The van der Waals surface area contributed by atoms with Crippen molar-refractivity contribution in [2.24, 2.45) is 5.92 Å². The van der Waals surface area contributed by atoms with Crippen molar-refractivity contribution >= 4 is 37.0 Å². The van der Waals surface area contributed by atoms with Gasteiger partial charge in [0.25, 0.3) is 0 Å². The van der Waals surface area contributed by atoms with Crippen molar-refractivity contribution in [3.63, 3.8) is 0 Å². The number of methoxy groups -OCH3 is 1. The molecule has 0 aromatic heterocycles. The highest BCUT2D eigenvalue weighted by Crippen LogP contribution is 2.47. The summed E-state index contributed by atoms with van der Waals surface area (Å²) < 4.78 is 12.4. The molecule has 1 fully saturated rings. The zero-order chi connectivity index (χ0) is 34.5. The molecule has 5 atom stereocenters. The minimum absolute atomic E-state index is 0.0245. The second-order valence-corrected chi connectivity index (χ2v) is 18.8. The number of anilines is 2. The van der Waals surface area contributed by atoms with Crippen molar-refractivity contribution in [1.29, 1.82) is 0 Å². The topological polar surface area (TPSA) is 79.3 Å². The summed E-state index contributed by atoms with van der Waals surface area (Å²) in [6, 6.07) is 34.2. The Morgan fingerprint density at radius 1 is 0.939 bits per heavy atom. The van der Waals surface area contributed by atoms with Crippen LogP contribution in [0, 0.1) is 5.92 Å². The maximum atomic E-state index is 14.2. The van der Waals surface area contributed by atoms with E-state index in [4.69, 9.17) is 9.47 Å². The van der Waals surface area contributed by atoms with Crippen LogP contribution < -0.4 is 14.8 Å². The number of amides is 2. The molecule has 2 aliphatic rings. The zero-order valence-corrected chi connectivity index (χ0v) is 30.0. The van der Waals surface area contributed by atoms with Crippen LogP contribution in [-0.2, 0) is 33.7 Å². The van der Waals surface area contributed by atoms with E-state index >= 15 is 0 Å². The van der Waals surface area contributed by atoms with Crippen molar-refractivity contribution in [2.75, 3.05) is 18.6 Å². The first kappa shape index (κ1) is 34.6. The second kappa shape index (κ2) is 15.1. The van der Waals surface area contributed by atoms with E-state index < -0.39 is 8.07 Å². The molecule has 2 heterocycles. The summed E-state index contributed by atoms with van der Waals surface area (Å²) in [5.74, 6) is 1.10. The maximum Gasteiger partial charge on any atom is 0.225 e.